The van der Waals surface area contributed by atoms with Crippen LogP contribution in [-0.2, 0) is 24.9 Å². The van der Waals surface area contributed by atoms with Crippen LogP contribution in [0.5, 0.6) is 5.75 Å². The molecule has 262 valence electrons. The Morgan fingerprint density at radius 2 is 1.45 bits per heavy atom. The Balaban J connectivity index is 1.39. The van der Waals surface area contributed by atoms with Gasteiger partial charge in [-0.3, -0.25) is 4.57 Å². The van der Waals surface area contributed by atoms with Gasteiger partial charge in [0.2, 0.25) is 0 Å². The normalized spacial score (nSPS) is 19.5. The van der Waals surface area contributed by atoms with E-state index in [0.717, 1.165) is 22.3 Å². The molecule has 0 unspecified atom stereocenters. The number of likely N-dealkylation sites (N-methyl/N-ethyl adjacent to an activating group) is 1. The van der Waals surface area contributed by atoms with Crippen molar-refractivity contribution >= 4 is 26.8 Å². The summed E-state index contributed by atoms with van der Waals surface area (Å²) >= 11 is 0. The summed E-state index contributed by atoms with van der Waals surface area (Å²) in [5.41, 5.74) is 9.37. The fourth-order valence-corrected chi connectivity index (χ4v) is 9.20. The average Bonchev–Trinajstić information content (AvgIpc) is 3.77. The molecule has 0 saturated carbocycles. The molecule has 11 nitrogen and oxygen atoms in total. The van der Waals surface area contributed by atoms with Gasteiger partial charge in [0.25, 0.3) is 0 Å². The third-order valence-electron chi connectivity index (χ3n) is 9.60. The zero-order chi connectivity index (χ0) is 35.8. The molecule has 0 radical (unpaired) electrons. The van der Waals surface area contributed by atoms with Gasteiger partial charge < -0.3 is 24.8 Å². The third kappa shape index (κ3) is 6.14. The van der Waals surface area contributed by atoms with Crippen LogP contribution in [0.2, 0.25) is 0 Å². The van der Waals surface area contributed by atoms with Gasteiger partial charge in [0.05, 0.1) is 31.0 Å². The van der Waals surface area contributed by atoms with Gasteiger partial charge in [-0.15, -0.1) is 0 Å². The van der Waals surface area contributed by atoms with Crippen LogP contribution in [0.25, 0.3) is 11.2 Å². The second-order valence-corrected chi connectivity index (χ2v) is 15.0. The van der Waals surface area contributed by atoms with Gasteiger partial charge in [0.15, 0.2) is 27.5 Å². The molecule has 1 aliphatic rings. The quantitative estimate of drug-likeness (QED) is 0.175. The number of imidazole rings is 1. The van der Waals surface area contributed by atoms with Crippen molar-refractivity contribution in [1.29, 1.82) is 0 Å². The first-order valence-corrected chi connectivity index (χ1v) is 18.1. The first-order valence-electron chi connectivity index (χ1n) is 16.6. The van der Waals surface area contributed by atoms with Crippen LogP contribution in [-0.4, -0.2) is 78.0 Å². The van der Waals surface area contributed by atoms with Crippen LogP contribution in [0.15, 0.2) is 127 Å². The molecule has 2 aromatic heterocycles. The molecule has 4 atom stereocenters. The topological polar surface area (TPSA) is 135 Å². The summed E-state index contributed by atoms with van der Waals surface area (Å²) in [4.78, 5) is 15.1. The third-order valence-corrected chi connectivity index (χ3v) is 11.8. The van der Waals surface area contributed by atoms with Crippen molar-refractivity contribution in [2.75, 3.05) is 33.5 Å². The predicted molar refractivity (Wildman–Crippen MR) is 195 cm³/mol. The van der Waals surface area contributed by atoms with E-state index in [4.69, 9.17) is 19.9 Å². The lowest BCUT2D eigenvalue weighted by molar-refractivity contribution is -0.0798. The summed E-state index contributed by atoms with van der Waals surface area (Å²) in [6.07, 6.45) is 1.18. The summed E-state index contributed by atoms with van der Waals surface area (Å²) in [5, 5.41) is -1.06. The van der Waals surface area contributed by atoms with Crippen LogP contribution < -0.4 is 10.5 Å². The first kappa shape index (κ1) is 34.3. The molecule has 2 N–H and O–H groups in total. The molecule has 0 spiro atoms. The molecular weight excluding hydrogens is 665 g/mol. The number of hydrogen-bond acceptors (Lipinski definition) is 10. The summed E-state index contributed by atoms with van der Waals surface area (Å²) in [5.74, 6) is 0.919. The Morgan fingerprint density at radius 1 is 0.843 bits per heavy atom. The van der Waals surface area contributed by atoms with Crippen molar-refractivity contribution in [1.82, 2.24) is 24.4 Å². The molecule has 4 aromatic carbocycles. The SMILES string of the molecule is COc1ccc(C(OC[C@H]2O[C@@H](n3cnc4c(N)ncnc43)[C@H](N(C)C)[C@H]2S(=O)(=O)c2ccc(C)cc2)(c2ccccc2)c2ccccc2)cc1. The van der Waals surface area contributed by atoms with Crippen molar-refractivity contribution in [3.63, 3.8) is 0 Å². The van der Waals surface area contributed by atoms with E-state index in [0.29, 0.717) is 16.9 Å². The van der Waals surface area contributed by atoms with Gasteiger partial charge in [0, 0.05) is 0 Å². The number of aryl methyl sites for hydroxylation is 1. The van der Waals surface area contributed by atoms with E-state index in [2.05, 4.69) is 15.0 Å². The summed E-state index contributed by atoms with van der Waals surface area (Å²) in [6.45, 7) is 1.84. The number of rotatable bonds is 11. The monoisotopic (exact) mass is 704 g/mol. The number of nitrogen functional groups attached to an aromatic ring is 1. The lowest BCUT2D eigenvalue weighted by Crippen LogP contribution is -2.48. The Morgan fingerprint density at radius 3 is 2.04 bits per heavy atom. The van der Waals surface area contributed by atoms with Crippen molar-refractivity contribution in [3.8, 4) is 5.75 Å². The Hall–Kier alpha value is -5.14. The lowest BCUT2D eigenvalue weighted by atomic mass is 9.80. The van der Waals surface area contributed by atoms with Crippen LogP contribution in [0.3, 0.4) is 0 Å². The highest BCUT2D eigenvalue weighted by Crippen LogP contribution is 2.44. The lowest BCUT2D eigenvalue weighted by Gasteiger charge is -2.37. The van der Waals surface area contributed by atoms with E-state index >= 15 is 0 Å². The van der Waals surface area contributed by atoms with Gasteiger partial charge in [-0.2, -0.15) is 0 Å². The molecule has 1 fully saturated rings. The van der Waals surface area contributed by atoms with Gasteiger partial charge >= 0.3 is 0 Å². The standard InChI is InChI=1S/C39H40N6O5S/c1-26-15-21-31(22-16-26)51(46,47)35-32(50-38(34(35)44(2)3)45-25-43-33-36(40)41-24-42-37(33)45)23-49-39(27-11-7-5-8-12-27,28-13-9-6-10-14-28)29-17-19-30(48-4)20-18-29/h5-22,24-25,32,34-35,38H,23H2,1-4H3,(H2,40,41,42)/t32-,34-,35+,38-/m1/s1. The highest BCUT2D eigenvalue weighted by atomic mass is 32.2. The molecule has 1 aliphatic heterocycles. The molecule has 0 bridgehead atoms. The van der Waals surface area contributed by atoms with Crippen molar-refractivity contribution in [2.45, 2.75) is 41.0 Å². The van der Waals surface area contributed by atoms with Crippen molar-refractivity contribution < 1.29 is 22.6 Å². The Kier molecular flexibility index (Phi) is 9.34. The van der Waals surface area contributed by atoms with E-state index in [1.807, 2.05) is 111 Å². The number of benzene rings is 4. The minimum absolute atomic E-state index is 0.0871. The molecule has 0 aliphatic carbocycles. The van der Waals surface area contributed by atoms with E-state index in [-0.39, 0.29) is 17.3 Å². The van der Waals surface area contributed by atoms with E-state index in [1.165, 1.54) is 6.33 Å². The van der Waals surface area contributed by atoms with Crippen molar-refractivity contribution in [2.24, 2.45) is 0 Å². The van der Waals surface area contributed by atoms with Crippen molar-refractivity contribution in [3.05, 3.63) is 144 Å². The minimum atomic E-state index is -4.01. The van der Waals surface area contributed by atoms with E-state index in [1.54, 1.807) is 42.3 Å². The molecule has 51 heavy (non-hydrogen) atoms. The second kappa shape index (κ2) is 13.9. The Bertz CT molecular complexity index is 2170. The molecule has 1 saturated heterocycles. The smallest absolute Gasteiger partial charge is 0.185 e. The van der Waals surface area contributed by atoms with E-state index < -0.39 is 39.1 Å². The maximum absolute atomic E-state index is 14.9. The summed E-state index contributed by atoms with van der Waals surface area (Å²) < 4.78 is 51.0. The highest BCUT2D eigenvalue weighted by Gasteiger charge is 2.55. The zero-order valence-corrected chi connectivity index (χ0v) is 29.6. The summed E-state index contributed by atoms with van der Waals surface area (Å²) in [6, 6.07) is 33.8. The maximum Gasteiger partial charge on any atom is 0.185 e. The van der Waals surface area contributed by atoms with Crippen LogP contribution in [0.1, 0.15) is 28.5 Å². The fourth-order valence-electron chi connectivity index (χ4n) is 7.09. The summed E-state index contributed by atoms with van der Waals surface area (Å²) in [7, 11) is 1.31. The number of hydrogen-bond donors (Lipinski definition) is 1. The first-order chi connectivity index (χ1) is 24.6. The number of fused-ring (bicyclic) bond motifs is 1. The van der Waals surface area contributed by atoms with Crippen LogP contribution in [0.4, 0.5) is 5.82 Å². The molecule has 6 aromatic rings. The van der Waals surface area contributed by atoms with Gasteiger partial charge in [-0.25, -0.2) is 23.4 Å². The average molecular weight is 705 g/mol. The fraction of sp³-hybridized carbons (Fsp3) is 0.256. The van der Waals surface area contributed by atoms with Gasteiger partial charge in [-0.05, 0) is 62.0 Å². The molecule has 12 heteroatoms. The molecular formula is C39H40N6O5S. The molecule has 7 rings (SSSR count). The van der Waals surface area contributed by atoms with Crippen LogP contribution >= 0.6 is 0 Å². The molecule has 3 heterocycles. The number of aromatic nitrogens is 4. The number of anilines is 1. The Labute approximate surface area is 297 Å². The van der Waals surface area contributed by atoms with Crippen LogP contribution in [0, 0.1) is 6.92 Å². The largest absolute Gasteiger partial charge is 0.497 e. The number of methoxy groups -OCH3 is 1. The predicted octanol–water partition coefficient (Wildman–Crippen LogP) is 5.40. The number of ether oxygens (including phenoxy) is 3. The molecule has 0 amide bonds. The highest BCUT2D eigenvalue weighted by molar-refractivity contribution is 7.92. The maximum atomic E-state index is 14.9. The van der Waals surface area contributed by atoms with Gasteiger partial charge in [-0.1, -0.05) is 90.5 Å². The zero-order valence-electron chi connectivity index (χ0n) is 28.8. The number of nitrogens with zero attached hydrogens (tertiary/aromatic N) is 5. The number of sulfone groups is 1. The minimum Gasteiger partial charge on any atom is -0.497 e. The second-order valence-electron chi connectivity index (χ2n) is 12.9. The van der Waals surface area contributed by atoms with E-state index in [9.17, 15) is 8.42 Å². The number of nitrogens with two attached hydrogens (primary N) is 1. The van der Waals surface area contributed by atoms with Gasteiger partial charge in [0.1, 0.15) is 34.5 Å².